The summed E-state index contributed by atoms with van der Waals surface area (Å²) < 4.78 is 7.50. The second-order valence-corrected chi connectivity index (χ2v) is 8.38. The predicted molar refractivity (Wildman–Crippen MR) is 106 cm³/mol. The van der Waals surface area contributed by atoms with Crippen LogP contribution in [0.3, 0.4) is 0 Å². The first kappa shape index (κ1) is 18.7. The molecule has 1 aliphatic heterocycles. The van der Waals surface area contributed by atoms with Crippen LogP contribution >= 0.6 is 11.6 Å². The number of aliphatic hydroxyl groups is 1. The molecule has 0 unspecified atom stereocenters. The number of ether oxygens (including phenoxy) is 1. The van der Waals surface area contributed by atoms with Crippen molar-refractivity contribution in [3.8, 4) is 11.3 Å². The minimum absolute atomic E-state index is 0.319. The Kier molecular flexibility index (Phi) is 5.39. The fourth-order valence-electron chi connectivity index (χ4n) is 3.99. The molecule has 2 aromatic heterocycles. The largest absolute Gasteiger partial charge is 0.390 e. The lowest BCUT2D eigenvalue weighted by Gasteiger charge is -2.34. The van der Waals surface area contributed by atoms with Crippen LogP contribution in [0.1, 0.15) is 51.5 Å². The molecule has 1 saturated carbocycles. The van der Waals surface area contributed by atoms with Crippen molar-refractivity contribution >= 4 is 17.3 Å². The number of pyridine rings is 1. The van der Waals surface area contributed by atoms with Gasteiger partial charge < -0.3 is 15.2 Å². The Balaban J connectivity index is 1.54. The van der Waals surface area contributed by atoms with Crippen LogP contribution in [0.5, 0.6) is 0 Å². The third kappa shape index (κ3) is 4.45. The normalized spacial score (nSPS) is 26.9. The van der Waals surface area contributed by atoms with Crippen molar-refractivity contribution in [2.24, 2.45) is 0 Å². The lowest BCUT2D eigenvalue weighted by molar-refractivity contribution is 0.0196. The summed E-state index contributed by atoms with van der Waals surface area (Å²) in [7, 11) is 0. The molecule has 2 aromatic rings. The predicted octanol–water partition coefficient (Wildman–Crippen LogP) is 4.06. The number of hydrogen-bond acceptors (Lipinski definition) is 5. The number of anilines is 1. The summed E-state index contributed by atoms with van der Waals surface area (Å²) in [5, 5.41) is 19.1. The van der Waals surface area contributed by atoms with Gasteiger partial charge in [-0.1, -0.05) is 11.6 Å². The van der Waals surface area contributed by atoms with Gasteiger partial charge in [-0.3, -0.25) is 4.68 Å². The van der Waals surface area contributed by atoms with Crippen molar-refractivity contribution in [3.63, 3.8) is 0 Å². The van der Waals surface area contributed by atoms with Crippen LogP contribution < -0.4 is 5.32 Å². The summed E-state index contributed by atoms with van der Waals surface area (Å²) in [6.45, 7) is 3.50. The Hall–Kier alpha value is -1.63. The van der Waals surface area contributed by atoms with E-state index in [1.807, 2.05) is 29.9 Å². The van der Waals surface area contributed by atoms with E-state index >= 15 is 0 Å². The van der Waals surface area contributed by atoms with E-state index in [4.69, 9.17) is 21.4 Å². The Labute approximate surface area is 164 Å². The first-order valence-electron chi connectivity index (χ1n) is 9.78. The standard InChI is InChI=1S/C20H27ClN4O2/c1-20(26)7-2-14(3-8-20)23-18-12-19(21)22-13-16(18)17-4-9-25(24-17)15-5-10-27-11-6-15/h4,9,12-15,26H,2-3,5-8,10-11H2,1H3,(H,22,23). The van der Waals surface area contributed by atoms with Gasteiger partial charge in [0.05, 0.1) is 17.3 Å². The SMILES string of the molecule is CC1(O)CCC(Nc2cc(Cl)ncc2-c2ccn(C3CCOCC3)n2)CC1. The van der Waals surface area contributed by atoms with Gasteiger partial charge >= 0.3 is 0 Å². The van der Waals surface area contributed by atoms with E-state index < -0.39 is 5.60 Å². The number of rotatable bonds is 4. The van der Waals surface area contributed by atoms with Gasteiger partial charge in [0.2, 0.25) is 0 Å². The van der Waals surface area contributed by atoms with Crippen molar-refractivity contribution in [1.29, 1.82) is 0 Å². The van der Waals surface area contributed by atoms with E-state index in [1.165, 1.54) is 0 Å². The zero-order valence-corrected chi connectivity index (χ0v) is 16.5. The zero-order chi connectivity index (χ0) is 18.9. The van der Waals surface area contributed by atoms with Crippen LogP contribution in [0.15, 0.2) is 24.5 Å². The van der Waals surface area contributed by atoms with E-state index in [2.05, 4.69) is 10.3 Å². The van der Waals surface area contributed by atoms with Crippen molar-refractivity contribution < 1.29 is 9.84 Å². The van der Waals surface area contributed by atoms with Crippen molar-refractivity contribution in [3.05, 3.63) is 29.7 Å². The highest BCUT2D eigenvalue weighted by atomic mass is 35.5. The summed E-state index contributed by atoms with van der Waals surface area (Å²) in [5.41, 5.74) is 2.27. The second kappa shape index (κ2) is 7.78. The first-order valence-corrected chi connectivity index (χ1v) is 10.2. The van der Waals surface area contributed by atoms with E-state index in [-0.39, 0.29) is 0 Å². The van der Waals surface area contributed by atoms with Gasteiger partial charge in [0.15, 0.2) is 0 Å². The maximum atomic E-state index is 10.2. The van der Waals surface area contributed by atoms with Crippen LogP contribution in [-0.2, 0) is 4.74 Å². The maximum Gasteiger partial charge on any atom is 0.131 e. The summed E-state index contributed by atoms with van der Waals surface area (Å²) in [6.07, 6.45) is 9.29. The highest BCUT2D eigenvalue weighted by molar-refractivity contribution is 6.29. The number of halogens is 1. The quantitative estimate of drug-likeness (QED) is 0.770. The Morgan fingerprint density at radius 1 is 1.26 bits per heavy atom. The molecule has 2 aliphatic rings. The number of nitrogens with zero attached hydrogens (tertiary/aromatic N) is 3. The van der Waals surface area contributed by atoms with Gasteiger partial charge in [-0.15, -0.1) is 0 Å². The second-order valence-electron chi connectivity index (χ2n) is 7.99. The van der Waals surface area contributed by atoms with Gasteiger partial charge in [-0.05, 0) is 57.6 Å². The number of hydrogen-bond donors (Lipinski definition) is 2. The molecule has 0 aromatic carbocycles. The van der Waals surface area contributed by atoms with Gasteiger partial charge in [0, 0.05) is 42.9 Å². The monoisotopic (exact) mass is 390 g/mol. The average Bonchev–Trinajstić information content (AvgIpc) is 3.14. The lowest BCUT2D eigenvalue weighted by atomic mass is 9.83. The molecule has 7 heteroatoms. The molecule has 0 atom stereocenters. The molecule has 0 spiro atoms. The van der Waals surface area contributed by atoms with Gasteiger partial charge in [0.1, 0.15) is 5.15 Å². The topological polar surface area (TPSA) is 72.2 Å². The number of aromatic nitrogens is 3. The van der Waals surface area contributed by atoms with Crippen LogP contribution in [0.4, 0.5) is 5.69 Å². The molecule has 0 amide bonds. The zero-order valence-electron chi connectivity index (χ0n) is 15.7. The van der Waals surface area contributed by atoms with E-state index in [0.29, 0.717) is 17.2 Å². The molecule has 1 aliphatic carbocycles. The van der Waals surface area contributed by atoms with Crippen LogP contribution in [0, 0.1) is 0 Å². The molecule has 146 valence electrons. The van der Waals surface area contributed by atoms with E-state index in [9.17, 15) is 5.11 Å². The molecular weight excluding hydrogens is 364 g/mol. The van der Waals surface area contributed by atoms with Crippen LogP contribution in [0.2, 0.25) is 5.15 Å². The molecule has 4 rings (SSSR count). The molecule has 0 bridgehead atoms. The van der Waals surface area contributed by atoms with Crippen LogP contribution in [-0.4, -0.2) is 44.7 Å². The molecule has 2 fully saturated rings. The Morgan fingerprint density at radius 3 is 2.74 bits per heavy atom. The van der Waals surface area contributed by atoms with Crippen molar-refractivity contribution in [1.82, 2.24) is 14.8 Å². The van der Waals surface area contributed by atoms with Crippen LogP contribution in [0.25, 0.3) is 11.3 Å². The molecular formula is C20H27ClN4O2. The average molecular weight is 391 g/mol. The summed E-state index contributed by atoms with van der Waals surface area (Å²) >= 11 is 6.16. The first-order chi connectivity index (χ1) is 13.0. The smallest absolute Gasteiger partial charge is 0.131 e. The molecule has 0 radical (unpaired) electrons. The third-order valence-electron chi connectivity index (χ3n) is 5.74. The van der Waals surface area contributed by atoms with Gasteiger partial charge in [-0.2, -0.15) is 5.10 Å². The molecule has 3 heterocycles. The molecule has 2 N–H and O–H groups in total. The third-order valence-corrected chi connectivity index (χ3v) is 5.95. The summed E-state index contributed by atoms with van der Waals surface area (Å²) in [5.74, 6) is 0. The van der Waals surface area contributed by atoms with E-state index in [1.54, 1.807) is 6.20 Å². The fourth-order valence-corrected chi connectivity index (χ4v) is 4.15. The minimum Gasteiger partial charge on any atom is -0.390 e. The highest BCUT2D eigenvalue weighted by Crippen LogP contribution is 2.34. The number of nitrogens with one attached hydrogen (secondary N) is 1. The van der Waals surface area contributed by atoms with Gasteiger partial charge in [0.25, 0.3) is 0 Å². The Morgan fingerprint density at radius 2 is 2.00 bits per heavy atom. The summed E-state index contributed by atoms with van der Waals surface area (Å²) in [6, 6.07) is 4.62. The maximum absolute atomic E-state index is 10.2. The van der Waals surface area contributed by atoms with Crippen molar-refractivity contribution in [2.45, 2.75) is 63.1 Å². The lowest BCUT2D eigenvalue weighted by Crippen LogP contribution is -2.35. The molecule has 1 saturated heterocycles. The summed E-state index contributed by atoms with van der Waals surface area (Å²) in [4.78, 5) is 4.27. The highest BCUT2D eigenvalue weighted by Gasteiger charge is 2.29. The van der Waals surface area contributed by atoms with Gasteiger partial charge in [-0.25, -0.2) is 4.98 Å². The molecule has 27 heavy (non-hydrogen) atoms. The fraction of sp³-hybridized carbons (Fsp3) is 0.600. The van der Waals surface area contributed by atoms with Crippen molar-refractivity contribution in [2.75, 3.05) is 18.5 Å². The molecule has 6 nitrogen and oxygen atoms in total. The Bertz CT molecular complexity index is 776. The van der Waals surface area contributed by atoms with E-state index in [0.717, 1.165) is 68.7 Å². The minimum atomic E-state index is -0.542.